The summed E-state index contributed by atoms with van der Waals surface area (Å²) in [5.41, 5.74) is 11.6. The van der Waals surface area contributed by atoms with Gasteiger partial charge in [-0.05, 0) is 100 Å². The zero-order valence-corrected chi connectivity index (χ0v) is 22.1. The van der Waals surface area contributed by atoms with Crippen LogP contribution < -0.4 is 5.06 Å². The first-order valence-corrected chi connectivity index (χ1v) is 14.0. The lowest BCUT2D eigenvalue weighted by Gasteiger charge is -2.26. The lowest BCUT2D eigenvalue weighted by Crippen LogP contribution is -2.27. The molecule has 6 rings (SSSR count). The third-order valence-corrected chi connectivity index (χ3v) is 8.72. The fourth-order valence-corrected chi connectivity index (χ4v) is 6.74. The van der Waals surface area contributed by atoms with E-state index < -0.39 is 0 Å². The number of amides is 1. The van der Waals surface area contributed by atoms with Crippen LogP contribution >= 0.6 is 11.3 Å². The Balaban J connectivity index is 1.27. The first-order valence-electron chi connectivity index (χ1n) is 13.1. The average molecular weight is 506 g/mol. The molecule has 4 heteroatoms. The molecule has 0 aliphatic heterocycles. The second-order valence-electron chi connectivity index (χ2n) is 10.5. The van der Waals surface area contributed by atoms with Gasteiger partial charge in [0, 0.05) is 16.2 Å². The van der Waals surface area contributed by atoms with Gasteiger partial charge in [-0.2, -0.15) is 5.06 Å². The van der Waals surface area contributed by atoms with Crippen molar-refractivity contribution in [2.24, 2.45) is 5.92 Å². The van der Waals surface area contributed by atoms with E-state index in [1.807, 2.05) is 32.0 Å². The molecule has 4 aromatic rings. The minimum Gasteiger partial charge on any atom is -0.281 e. The number of carbonyl (C=O) groups excluding carboxylic acids is 1. The number of allylic oxidation sites excluding steroid dienone is 1. The van der Waals surface area contributed by atoms with Crippen molar-refractivity contribution in [3.63, 3.8) is 0 Å². The normalized spacial score (nSPS) is 14.0. The predicted molar refractivity (Wildman–Crippen MR) is 154 cm³/mol. The summed E-state index contributed by atoms with van der Waals surface area (Å²) in [6.45, 7) is 3.95. The van der Waals surface area contributed by atoms with E-state index in [4.69, 9.17) is 0 Å². The number of hydrogen-bond acceptors (Lipinski definition) is 3. The van der Waals surface area contributed by atoms with Crippen LogP contribution in [-0.2, 0) is 24.1 Å². The van der Waals surface area contributed by atoms with E-state index >= 15 is 0 Å². The van der Waals surface area contributed by atoms with Gasteiger partial charge in [0.05, 0.1) is 5.69 Å². The topological polar surface area (TPSA) is 40.5 Å². The maximum absolute atomic E-state index is 12.3. The van der Waals surface area contributed by atoms with Crippen molar-refractivity contribution in [1.82, 2.24) is 0 Å². The third kappa shape index (κ3) is 4.56. The Bertz CT molecular complexity index is 1530. The molecule has 2 aliphatic carbocycles. The van der Waals surface area contributed by atoms with Gasteiger partial charge < -0.3 is 0 Å². The number of carbonyl (C=O) groups is 1. The van der Waals surface area contributed by atoms with Gasteiger partial charge in [-0.15, -0.1) is 11.3 Å². The van der Waals surface area contributed by atoms with Crippen molar-refractivity contribution < 1.29 is 10.0 Å². The number of benzene rings is 3. The van der Waals surface area contributed by atoms with Gasteiger partial charge >= 0.3 is 0 Å². The Morgan fingerprint density at radius 2 is 1.68 bits per heavy atom. The van der Waals surface area contributed by atoms with Crippen LogP contribution in [-0.4, -0.2) is 11.1 Å². The van der Waals surface area contributed by atoms with Crippen LogP contribution in [0, 0.1) is 5.92 Å². The molecule has 2 aliphatic rings. The van der Waals surface area contributed by atoms with Gasteiger partial charge in [-0.1, -0.05) is 68.5 Å². The first kappa shape index (κ1) is 23.9. The molecule has 3 nitrogen and oxygen atoms in total. The van der Waals surface area contributed by atoms with Gasteiger partial charge in [-0.3, -0.25) is 10.0 Å². The lowest BCUT2D eigenvalue weighted by molar-refractivity contribution is -0.124. The molecule has 0 radical (unpaired) electrons. The molecule has 0 fully saturated rings. The predicted octanol–water partition coefficient (Wildman–Crippen LogP) is 8.44. The van der Waals surface area contributed by atoms with Crippen molar-refractivity contribution >= 4 is 34.6 Å². The second-order valence-corrected chi connectivity index (χ2v) is 11.6. The summed E-state index contributed by atoms with van der Waals surface area (Å²) in [5.74, 6) is -0.0869. The number of hydrogen-bond donors (Lipinski definition) is 1. The monoisotopic (exact) mass is 505 g/mol. The van der Waals surface area contributed by atoms with Gasteiger partial charge in [0.25, 0.3) is 5.91 Å². The highest BCUT2D eigenvalue weighted by molar-refractivity contribution is 7.16. The van der Waals surface area contributed by atoms with E-state index in [0.29, 0.717) is 12.1 Å². The number of hydroxylamine groups is 1. The minimum absolute atomic E-state index is 0.195. The summed E-state index contributed by atoms with van der Waals surface area (Å²) in [5, 5.41) is 11.2. The molecule has 0 saturated heterocycles. The molecule has 186 valence electrons. The van der Waals surface area contributed by atoms with Crippen molar-refractivity contribution in [2.45, 2.75) is 46.0 Å². The molecule has 1 N–H and O–H groups in total. The molecule has 37 heavy (non-hydrogen) atoms. The summed E-state index contributed by atoms with van der Waals surface area (Å²) in [6.07, 6.45) is 7.06. The minimum atomic E-state index is -0.282. The Kier molecular flexibility index (Phi) is 6.31. The van der Waals surface area contributed by atoms with Crippen LogP contribution in [0.2, 0.25) is 0 Å². The van der Waals surface area contributed by atoms with E-state index in [9.17, 15) is 10.0 Å². The van der Waals surface area contributed by atoms with Crippen LogP contribution in [0.1, 0.15) is 53.8 Å². The smallest absolute Gasteiger partial charge is 0.250 e. The number of fused-ring (bicyclic) bond motifs is 5. The second kappa shape index (κ2) is 9.77. The maximum Gasteiger partial charge on any atom is 0.250 e. The third-order valence-electron chi connectivity index (χ3n) is 7.51. The number of rotatable bonds is 5. The van der Waals surface area contributed by atoms with Crippen LogP contribution in [0.15, 0.2) is 72.8 Å². The average Bonchev–Trinajstić information content (AvgIpc) is 3.42. The maximum atomic E-state index is 12.3. The molecule has 3 aromatic carbocycles. The fraction of sp³-hybridized carbons (Fsp3) is 0.242. The van der Waals surface area contributed by atoms with Crippen LogP contribution in [0.4, 0.5) is 5.69 Å². The SMILES string of the molecule is CC(C)CC(=O)N(O)c1cccc(-c2ccc(C3=Cc4ccc5c(c4CC3)CCc3ccccc3-5)s2)c1. The highest BCUT2D eigenvalue weighted by atomic mass is 32.1. The number of anilines is 1. The highest BCUT2D eigenvalue weighted by Crippen LogP contribution is 2.42. The number of aryl methyl sites for hydroxylation is 1. The quantitative estimate of drug-likeness (QED) is 0.218. The van der Waals surface area contributed by atoms with E-state index in [-0.39, 0.29) is 11.8 Å². The molecular formula is C33H31NO2S. The molecule has 0 unspecified atom stereocenters. The van der Waals surface area contributed by atoms with Crippen LogP contribution in [0.25, 0.3) is 33.2 Å². The van der Waals surface area contributed by atoms with Gasteiger partial charge in [0.1, 0.15) is 0 Å². The Labute approximate surface area is 222 Å². The summed E-state index contributed by atoms with van der Waals surface area (Å²) in [6, 6.07) is 25.4. The highest BCUT2D eigenvalue weighted by Gasteiger charge is 2.23. The van der Waals surface area contributed by atoms with Crippen LogP contribution in [0.3, 0.4) is 0 Å². The summed E-state index contributed by atoms with van der Waals surface area (Å²) in [7, 11) is 0. The zero-order chi connectivity index (χ0) is 25.5. The summed E-state index contributed by atoms with van der Waals surface area (Å²) in [4.78, 5) is 14.8. The van der Waals surface area contributed by atoms with Crippen molar-refractivity contribution in [3.8, 4) is 21.6 Å². The molecule has 0 atom stereocenters. The lowest BCUT2D eigenvalue weighted by atomic mass is 9.78. The molecule has 1 aromatic heterocycles. The van der Waals surface area contributed by atoms with E-state index in [0.717, 1.165) is 41.2 Å². The summed E-state index contributed by atoms with van der Waals surface area (Å²) < 4.78 is 0. The van der Waals surface area contributed by atoms with E-state index in [1.165, 1.54) is 43.8 Å². The van der Waals surface area contributed by atoms with Crippen molar-refractivity contribution in [1.29, 1.82) is 0 Å². The van der Waals surface area contributed by atoms with E-state index in [2.05, 4.69) is 54.6 Å². The largest absolute Gasteiger partial charge is 0.281 e. The standard InChI is InChI=1S/C33H31NO2S/c1-21(2)18-33(35)34(36)26-8-5-7-24(20-26)31-16-17-32(37-31)25-12-13-28-23(19-25)11-15-29-27-9-4-3-6-22(27)10-14-30(28)29/h3-9,11,15-17,19-21,36H,10,12-14,18H2,1-2H3. The number of nitrogens with zero attached hydrogens (tertiary/aromatic N) is 1. The first-order chi connectivity index (χ1) is 18.0. The fourth-order valence-electron chi connectivity index (χ4n) is 5.69. The Hall–Kier alpha value is -3.47. The molecule has 1 amide bonds. The van der Waals surface area contributed by atoms with Crippen molar-refractivity contribution in [2.75, 3.05) is 5.06 Å². The number of thiophene rings is 1. The Morgan fingerprint density at radius 3 is 2.54 bits per heavy atom. The van der Waals surface area contributed by atoms with Crippen molar-refractivity contribution in [3.05, 3.63) is 99.9 Å². The van der Waals surface area contributed by atoms with E-state index in [1.54, 1.807) is 17.4 Å². The zero-order valence-electron chi connectivity index (χ0n) is 21.3. The molecule has 0 spiro atoms. The van der Waals surface area contributed by atoms with Gasteiger partial charge in [-0.25, -0.2) is 0 Å². The van der Waals surface area contributed by atoms with Crippen LogP contribution in [0.5, 0.6) is 0 Å². The molecule has 0 bridgehead atoms. The van der Waals surface area contributed by atoms with Gasteiger partial charge in [0.2, 0.25) is 0 Å². The molecule has 1 heterocycles. The Morgan fingerprint density at radius 1 is 0.865 bits per heavy atom. The summed E-state index contributed by atoms with van der Waals surface area (Å²) >= 11 is 1.77. The molecular weight excluding hydrogens is 474 g/mol. The van der Waals surface area contributed by atoms with Gasteiger partial charge in [0.15, 0.2) is 0 Å². The molecule has 0 saturated carbocycles.